The molecule has 0 aliphatic carbocycles. The van der Waals surface area contributed by atoms with Crippen molar-refractivity contribution in [3.63, 3.8) is 0 Å². The number of nitrogens with one attached hydrogen (secondary N) is 1. The largest absolute Gasteiger partial charge is 0.484 e. The van der Waals surface area contributed by atoms with Gasteiger partial charge in [-0.2, -0.15) is 0 Å². The molecule has 136 valence electrons. The zero-order valence-corrected chi connectivity index (χ0v) is 14.6. The lowest BCUT2D eigenvalue weighted by molar-refractivity contribution is -0.123. The van der Waals surface area contributed by atoms with Gasteiger partial charge in [-0.05, 0) is 18.6 Å². The van der Waals surface area contributed by atoms with Crippen molar-refractivity contribution in [1.29, 1.82) is 0 Å². The van der Waals surface area contributed by atoms with Gasteiger partial charge in [0.1, 0.15) is 10.8 Å². The van der Waals surface area contributed by atoms with Crippen molar-refractivity contribution in [1.82, 2.24) is 10.3 Å². The molecule has 2 N–H and O–H groups in total. The van der Waals surface area contributed by atoms with Crippen LogP contribution in [-0.2, 0) is 16.1 Å². The number of thiazole rings is 1. The number of benzene rings is 1. The first-order chi connectivity index (χ1) is 12.5. The molecule has 8 nitrogen and oxygen atoms in total. The first-order valence-corrected chi connectivity index (χ1v) is 8.88. The van der Waals surface area contributed by atoms with Crippen LogP contribution < -0.4 is 15.0 Å². The summed E-state index contributed by atoms with van der Waals surface area (Å²) in [6.07, 6.45) is 1.39. The van der Waals surface area contributed by atoms with Gasteiger partial charge >= 0.3 is 5.97 Å². The highest BCUT2D eigenvalue weighted by molar-refractivity contribution is 7.09. The fraction of sp³-hybridized carbons (Fsp3) is 0.294. The molecule has 0 spiro atoms. The Hall–Kier alpha value is -2.94. The Labute approximate surface area is 153 Å². The van der Waals surface area contributed by atoms with Crippen LogP contribution in [0.5, 0.6) is 5.75 Å². The Bertz CT molecular complexity index is 835. The van der Waals surface area contributed by atoms with E-state index >= 15 is 0 Å². The number of carboxylic acid groups (broad SMARTS) is 1. The van der Waals surface area contributed by atoms with Crippen LogP contribution in [0.15, 0.2) is 29.6 Å². The van der Waals surface area contributed by atoms with Crippen LogP contribution in [-0.4, -0.2) is 41.0 Å². The lowest BCUT2D eigenvalue weighted by Crippen LogP contribution is -2.28. The zero-order valence-electron chi connectivity index (χ0n) is 13.8. The summed E-state index contributed by atoms with van der Waals surface area (Å²) < 4.78 is 5.47. The van der Waals surface area contributed by atoms with Gasteiger partial charge in [0.05, 0.1) is 6.54 Å². The van der Waals surface area contributed by atoms with Gasteiger partial charge in [-0.25, -0.2) is 9.78 Å². The maximum Gasteiger partial charge on any atom is 0.355 e. The Morgan fingerprint density at radius 2 is 2.23 bits per heavy atom. The van der Waals surface area contributed by atoms with Crippen molar-refractivity contribution in [2.75, 3.05) is 18.1 Å². The Kier molecular flexibility index (Phi) is 5.47. The van der Waals surface area contributed by atoms with Crippen molar-refractivity contribution in [2.24, 2.45) is 0 Å². The van der Waals surface area contributed by atoms with E-state index in [1.807, 2.05) is 6.07 Å². The van der Waals surface area contributed by atoms with Crippen molar-refractivity contribution in [3.8, 4) is 5.75 Å². The molecule has 9 heteroatoms. The van der Waals surface area contributed by atoms with Crippen LogP contribution in [0.3, 0.4) is 0 Å². The van der Waals surface area contributed by atoms with Crippen LogP contribution in [0, 0.1) is 0 Å². The summed E-state index contributed by atoms with van der Waals surface area (Å²) in [6, 6.07) is 7.06. The molecule has 1 aliphatic rings. The summed E-state index contributed by atoms with van der Waals surface area (Å²) in [4.78, 5) is 40.0. The van der Waals surface area contributed by atoms with E-state index in [-0.39, 0.29) is 30.7 Å². The van der Waals surface area contributed by atoms with Crippen LogP contribution in [0.2, 0.25) is 0 Å². The average Bonchev–Trinajstić information content (AvgIpc) is 3.27. The first kappa shape index (κ1) is 17.9. The van der Waals surface area contributed by atoms with E-state index in [1.165, 1.54) is 16.7 Å². The Morgan fingerprint density at radius 3 is 2.92 bits per heavy atom. The van der Waals surface area contributed by atoms with Gasteiger partial charge in [0.25, 0.3) is 5.91 Å². The van der Waals surface area contributed by atoms with Crippen molar-refractivity contribution < 1.29 is 24.2 Å². The number of carboxylic acids is 1. The molecule has 1 aromatic carbocycles. The average molecular weight is 375 g/mol. The molecule has 0 bridgehead atoms. The number of aromatic nitrogens is 1. The third-order valence-electron chi connectivity index (χ3n) is 3.78. The van der Waals surface area contributed by atoms with Gasteiger partial charge in [0.15, 0.2) is 12.3 Å². The van der Waals surface area contributed by atoms with Crippen LogP contribution in [0.4, 0.5) is 5.69 Å². The van der Waals surface area contributed by atoms with E-state index in [1.54, 1.807) is 23.1 Å². The maximum absolute atomic E-state index is 11.9. The summed E-state index contributed by atoms with van der Waals surface area (Å²) in [5, 5.41) is 13.4. The van der Waals surface area contributed by atoms with Crippen molar-refractivity contribution >= 4 is 34.8 Å². The van der Waals surface area contributed by atoms with E-state index in [0.717, 1.165) is 12.1 Å². The topological polar surface area (TPSA) is 109 Å². The minimum absolute atomic E-state index is 0.0382. The minimum Gasteiger partial charge on any atom is -0.484 e. The number of carbonyl (C=O) groups is 3. The predicted molar refractivity (Wildman–Crippen MR) is 94.4 cm³/mol. The molecule has 26 heavy (non-hydrogen) atoms. The summed E-state index contributed by atoms with van der Waals surface area (Å²) in [5.74, 6) is -0.859. The molecule has 0 saturated carbocycles. The molecule has 2 aromatic rings. The fourth-order valence-corrected chi connectivity index (χ4v) is 3.23. The number of anilines is 1. The number of hydrogen-bond donors (Lipinski definition) is 2. The third kappa shape index (κ3) is 4.37. The molecule has 3 rings (SSSR count). The van der Waals surface area contributed by atoms with E-state index in [9.17, 15) is 14.4 Å². The molecule has 0 radical (unpaired) electrons. The Balaban J connectivity index is 1.49. The normalized spacial score (nSPS) is 13.7. The maximum atomic E-state index is 11.9. The summed E-state index contributed by atoms with van der Waals surface area (Å²) in [5.41, 5.74) is 0.721. The quantitative estimate of drug-likeness (QED) is 0.762. The van der Waals surface area contributed by atoms with Crippen molar-refractivity contribution in [2.45, 2.75) is 19.4 Å². The first-order valence-electron chi connectivity index (χ1n) is 8.00. The van der Waals surface area contributed by atoms with Gasteiger partial charge in [-0.1, -0.05) is 6.07 Å². The SMILES string of the molecule is O=C(COc1cccc(N2CCCC2=O)c1)NCc1nc(C(=O)O)cs1. The van der Waals surface area contributed by atoms with Gasteiger partial charge in [0.2, 0.25) is 5.91 Å². The second kappa shape index (κ2) is 7.96. The molecule has 1 saturated heterocycles. The van der Waals surface area contributed by atoms with E-state index in [2.05, 4.69) is 10.3 Å². The standard InChI is InChI=1S/C17H17N3O5S/c21-14(18-8-15-19-13(10-26-15)17(23)24)9-25-12-4-1-3-11(7-12)20-6-2-5-16(20)22/h1,3-4,7,10H,2,5-6,8-9H2,(H,18,21)(H,23,24). The number of carbonyl (C=O) groups excluding carboxylic acids is 2. The number of rotatable bonds is 7. The zero-order chi connectivity index (χ0) is 18.5. The van der Waals surface area contributed by atoms with E-state index in [0.29, 0.717) is 23.7 Å². The fourth-order valence-electron chi connectivity index (χ4n) is 2.53. The second-order valence-electron chi connectivity index (χ2n) is 5.64. The molecule has 2 amide bonds. The monoisotopic (exact) mass is 375 g/mol. The number of ether oxygens (including phenoxy) is 1. The smallest absolute Gasteiger partial charge is 0.355 e. The summed E-state index contributed by atoms with van der Waals surface area (Å²) in [6.45, 7) is 0.645. The summed E-state index contributed by atoms with van der Waals surface area (Å²) in [7, 11) is 0. The van der Waals surface area contributed by atoms with Gasteiger partial charge in [-0.15, -0.1) is 11.3 Å². The number of aromatic carboxylic acids is 1. The Morgan fingerprint density at radius 1 is 1.38 bits per heavy atom. The van der Waals surface area contributed by atoms with E-state index in [4.69, 9.17) is 9.84 Å². The molecule has 1 fully saturated rings. The molecular weight excluding hydrogens is 358 g/mol. The number of amides is 2. The third-order valence-corrected chi connectivity index (χ3v) is 4.63. The van der Waals surface area contributed by atoms with Crippen LogP contribution in [0.1, 0.15) is 28.3 Å². The van der Waals surface area contributed by atoms with Gasteiger partial charge < -0.3 is 20.1 Å². The molecular formula is C17H17N3O5S. The van der Waals surface area contributed by atoms with Gasteiger partial charge in [0, 0.05) is 30.1 Å². The minimum atomic E-state index is -1.10. The molecule has 0 atom stereocenters. The molecule has 1 aromatic heterocycles. The number of nitrogens with zero attached hydrogens (tertiary/aromatic N) is 2. The summed E-state index contributed by atoms with van der Waals surface area (Å²) >= 11 is 1.17. The van der Waals surface area contributed by atoms with Crippen LogP contribution in [0.25, 0.3) is 0 Å². The highest BCUT2D eigenvalue weighted by Crippen LogP contribution is 2.25. The predicted octanol–water partition coefficient (Wildman–Crippen LogP) is 1.66. The van der Waals surface area contributed by atoms with Crippen molar-refractivity contribution in [3.05, 3.63) is 40.3 Å². The molecule has 0 unspecified atom stereocenters. The molecule has 2 heterocycles. The number of hydrogen-bond acceptors (Lipinski definition) is 6. The lowest BCUT2D eigenvalue weighted by atomic mass is 10.3. The second-order valence-corrected chi connectivity index (χ2v) is 6.59. The highest BCUT2D eigenvalue weighted by atomic mass is 32.1. The highest BCUT2D eigenvalue weighted by Gasteiger charge is 2.21. The molecule has 1 aliphatic heterocycles. The van der Waals surface area contributed by atoms with E-state index < -0.39 is 5.97 Å². The van der Waals surface area contributed by atoms with Gasteiger partial charge in [-0.3, -0.25) is 9.59 Å². The lowest BCUT2D eigenvalue weighted by Gasteiger charge is -2.16. The van der Waals surface area contributed by atoms with Crippen LogP contribution >= 0.6 is 11.3 Å².